The Labute approximate surface area is 250 Å². The highest BCUT2D eigenvalue weighted by atomic mass is 19.4. The number of ketones is 2. The van der Waals surface area contributed by atoms with Crippen molar-refractivity contribution in [3.05, 3.63) is 102 Å². The van der Waals surface area contributed by atoms with E-state index in [4.69, 9.17) is 0 Å². The summed E-state index contributed by atoms with van der Waals surface area (Å²) in [4.78, 5) is 45.8. The third-order valence-corrected chi connectivity index (χ3v) is 7.76. The normalized spacial score (nSPS) is 14.1. The van der Waals surface area contributed by atoms with E-state index in [9.17, 15) is 27.6 Å². The van der Waals surface area contributed by atoms with Crippen molar-refractivity contribution in [3.8, 4) is 22.4 Å². The minimum absolute atomic E-state index is 0.132. The van der Waals surface area contributed by atoms with Crippen molar-refractivity contribution in [3.63, 3.8) is 0 Å². The topological polar surface area (TPSA) is 89.9 Å². The number of carbonyl (C=O) groups excluding carboxylic acids is 3. The number of amides is 1. The van der Waals surface area contributed by atoms with Crippen molar-refractivity contribution >= 4 is 34.5 Å². The van der Waals surface area contributed by atoms with E-state index in [0.717, 1.165) is 11.1 Å². The fraction of sp³-hybridized carbons (Fsp3) is 0.182. The van der Waals surface area contributed by atoms with Gasteiger partial charge >= 0.3 is 6.18 Å². The number of anilines is 2. The first-order valence-electron chi connectivity index (χ1n) is 14.0. The third-order valence-electron chi connectivity index (χ3n) is 7.76. The molecule has 5 aromatic rings. The fourth-order valence-corrected chi connectivity index (χ4v) is 5.43. The number of rotatable bonds is 7. The number of carbonyl (C=O) groups is 3. The molecular formula is C33H28F3N5O3. The summed E-state index contributed by atoms with van der Waals surface area (Å²) in [6, 6.07) is 24.2. The van der Waals surface area contributed by atoms with Crippen LogP contribution in [-0.2, 0) is 4.79 Å². The van der Waals surface area contributed by atoms with Gasteiger partial charge in [-0.05, 0) is 54.6 Å². The van der Waals surface area contributed by atoms with Gasteiger partial charge < -0.3 is 24.5 Å². The van der Waals surface area contributed by atoms with Crippen LogP contribution in [0.5, 0.6) is 0 Å². The van der Waals surface area contributed by atoms with Gasteiger partial charge in [0.25, 0.3) is 17.5 Å². The second kappa shape index (κ2) is 11.5. The second-order valence-corrected chi connectivity index (χ2v) is 10.7. The van der Waals surface area contributed by atoms with Crippen molar-refractivity contribution in [2.75, 3.05) is 43.4 Å². The van der Waals surface area contributed by atoms with Gasteiger partial charge in [-0.3, -0.25) is 14.4 Å². The molecule has 0 aliphatic carbocycles. The van der Waals surface area contributed by atoms with Gasteiger partial charge in [0.2, 0.25) is 0 Å². The summed E-state index contributed by atoms with van der Waals surface area (Å²) in [5, 5.41) is 2.63. The molecule has 3 aromatic heterocycles. The third kappa shape index (κ3) is 5.61. The Morgan fingerprint density at radius 1 is 0.818 bits per heavy atom. The lowest BCUT2D eigenvalue weighted by Crippen LogP contribution is -2.45. The average molecular weight is 600 g/mol. The number of benzene rings is 2. The first kappa shape index (κ1) is 28.9. The molecule has 44 heavy (non-hydrogen) atoms. The number of H-pyrrole nitrogens is 1. The van der Waals surface area contributed by atoms with Crippen molar-refractivity contribution in [1.82, 2.24) is 14.3 Å². The monoisotopic (exact) mass is 599 g/mol. The Hall–Kier alpha value is -5.16. The van der Waals surface area contributed by atoms with Gasteiger partial charge in [0.1, 0.15) is 11.5 Å². The van der Waals surface area contributed by atoms with Gasteiger partial charge in [-0.15, -0.1) is 0 Å². The van der Waals surface area contributed by atoms with E-state index in [1.54, 1.807) is 45.8 Å². The summed E-state index contributed by atoms with van der Waals surface area (Å²) in [6.45, 7) is 2.23. The number of hydrogen-bond donors (Lipinski definition) is 2. The van der Waals surface area contributed by atoms with Gasteiger partial charge in [0, 0.05) is 54.8 Å². The summed E-state index contributed by atoms with van der Waals surface area (Å²) in [7, 11) is 1.93. The molecule has 0 unspecified atom stereocenters. The van der Waals surface area contributed by atoms with E-state index in [1.807, 2.05) is 55.6 Å². The molecule has 0 spiro atoms. The molecule has 1 amide bonds. The molecule has 0 atom stereocenters. The Morgan fingerprint density at radius 3 is 2.18 bits per heavy atom. The average Bonchev–Trinajstić information content (AvgIpc) is 3.64. The number of hydrogen-bond acceptors (Lipinski definition) is 5. The van der Waals surface area contributed by atoms with E-state index < -0.39 is 29.2 Å². The highest BCUT2D eigenvalue weighted by molar-refractivity contribution is 6.47. The molecule has 0 radical (unpaired) electrons. The Morgan fingerprint density at radius 2 is 1.50 bits per heavy atom. The number of Topliss-reactive ketones (excluding diaryl/α,β-unsaturated/α-hetero) is 2. The van der Waals surface area contributed by atoms with Crippen LogP contribution >= 0.6 is 0 Å². The van der Waals surface area contributed by atoms with Crippen LogP contribution in [0.25, 0.3) is 27.9 Å². The smallest absolute Gasteiger partial charge is 0.355 e. The largest absolute Gasteiger partial charge is 0.455 e. The first-order chi connectivity index (χ1) is 21.1. The number of aromatic nitrogens is 2. The molecule has 2 aromatic carbocycles. The molecule has 1 fully saturated rings. The molecule has 1 aliphatic rings. The molecule has 6 rings (SSSR count). The Kier molecular flexibility index (Phi) is 7.56. The molecule has 4 heterocycles. The van der Waals surface area contributed by atoms with Crippen LogP contribution < -0.4 is 10.2 Å². The van der Waals surface area contributed by atoms with Crippen LogP contribution in [-0.4, -0.2) is 71.2 Å². The van der Waals surface area contributed by atoms with Crippen molar-refractivity contribution in [2.45, 2.75) is 6.18 Å². The maximum atomic E-state index is 13.5. The predicted molar refractivity (Wildman–Crippen MR) is 162 cm³/mol. The van der Waals surface area contributed by atoms with E-state index in [1.165, 1.54) is 6.07 Å². The van der Waals surface area contributed by atoms with Crippen LogP contribution in [0.3, 0.4) is 0 Å². The number of piperazine rings is 1. The quantitative estimate of drug-likeness (QED) is 0.179. The van der Waals surface area contributed by atoms with Crippen LogP contribution in [0.2, 0.25) is 0 Å². The first-order valence-corrected chi connectivity index (χ1v) is 14.0. The summed E-state index contributed by atoms with van der Waals surface area (Å²) >= 11 is 0. The number of alkyl halides is 3. The molecular weight excluding hydrogens is 571 g/mol. The van der Waals surface area contributed by atoms with Gasteiger partial charge in [-0.25, -0.2) is 0 Å². The van der Waals surface area contributed by atoms with Crippen LogP contribution in [0.15, 0.2) is 91.1 Å². The number of nitrogens with zero attached hydrogens (tertiary/aromatic N) is 3. The lowest BCUT2D eigenvalue weighted by atomic mass is 10.0. The summed E-state index contributed by atoms with van der Waals surface area (Å²) in [5.41, 5.74) is 3.13. The number of aromatic amines is 1. The lowest BCUT2D eigenvalue weighted by molar-refractivity contribution is -0.112. The zero-order valence-electron chi connectivity index (χ0n) is 23.7. The Bertz CT molecular complexity index is 1850. The van der Waals surface area contributed by atoms with E-state index in [-0.39, 0.29) is 11.5 Å². The number of pyridine rings is 1. The molecule has 0 bridgehead atoms. The van der Waals surface area contributed by atoms with E-state index in [2.05, 4.69) is 15.2 Å². The summed E-state index contributed by atoms with van der Waals surface area (Å²) in [6.07, 6.45) is -3.30. The molecule has 11 heteroatoms. The maximum Gasteiger partial charge on any atom is 0.455 e. The van der Waals surface area contributed by atoms with Crippen molar-refractivity contribution in [2.24, 2.45) is 0 Å². The number of halogens is 3. The number of fused-ring (bicyclic) bond motifs is 1. The standard InChI is InChI=1S/C33H28F3N5O3/c1-39-15-17-40(18-16-39)31-26(30(43)33(34,35)36)20-27(38-31)22-10-12-23(13-11-22)37-32(44)29(42)28-25(21-7-3-2-4-8-21)19-24-9-5-6-14-41(24)28/h2-14,19-20,38H,15-18H2,1H3,(H,37,44). The van der Waals surface area contributed by atoms with Crippen LogP contribution in [0, 0.1) is 0 Å². The van der Waals surface area contributed by atoms with Crippen LogP contribution in [0.4, 0.5) is 24.7 Å². The van der Waals surface area contributed by atoms with Gasteiger partial charge in [-0.1, -0.05) is 48.5 Å². The van der Waals surface area contributed by atoms with Crippen molar-refractivity contribution < 1.29 is 27.6 Å². The van der Waals surface area contributed by atoms with E-state index >= 15 is 0 Å². The molecule has 0 saturated carbocycles. The zero-order chi connectivity index (χ0) is 31.0. The molecule has 224 valence electrons. The minimum Gasteiger partial charge on any atom is -0.355 e. The molecule has 1 aliphatic heterocycles. The number of likely N-dealkylation sites (N-methyl/N-ethyl adjacent to an activating group) is 1. The predicted octanol–water partition coefficient (Wildman–Crippen LogP) is 5.92. The molecule has 1 saturated heterocycles. The maximum absolute atomic E-state index is 13.5. The van der Waals surface area contributed by atoms with Gasteiger partial charge in [0.05, 0.1) is 5.56 Å². The van der Waals surface area contributed by atoms with Crippen molar-refractivity contribution in [1.29, 1.82) is 0 Å². The highest BCUT2D eigenvalue weighted by Crippen LogP contribution is 2.34. The van der Waals surface area contributed by atoms with Gasteiger partial charge in [-0.2, -0.15) is 13.2 Å². The SMILES string of the molecule is CN1CCN(c2[nH]c(-c3ccc(NC(=O)C(=O)c4c(-c5ccccc5)cc5ccccn45)cc3)cc2C(=O)C(F)(F)F)CC1. The highest BCUT2D eigenvalue weighted by Gasteiger charge is 2.42. The minimum atomic E-state index is -5.02. The fourth-order valence-electron chi connectivity index (χ4n) is 5.43. The lowest BCUT2D eigenvalue weighted by Gasteiger charge is -2.33. The summed E-state index contributed by atoms with van der Waals surface area (Å²) in [5.74, 6) is -3.35. The van der Waals surface area contributed by atoms with E-state index in [0.29, 0.717) is 48.7 Å². The second-order valence-electron chi connectivity index (χ2n) is 10.7. The Balaban J connectivity index is 1.25. The zero-order valence-corrected chi connectivity index (χ0v) is 23.7. The molecule has 8 nitrogen and oxygen atoms in total. The molecule has 2 N–H and O–H groups in total. The van der Waals surface area contributed by atoms with Crippen LogP contribution in [0.1, 0.15) is 20.8 Å². The van der Waals surface area contributed by atoms with Gasteiger partial charge in [0.15, 0.2) is 0 Å². The number of nitrogens with one attached hydrogen (secondary N) is 2. The summed E-state index contributed by atoms with van der Waals surface area (Å²) < 4.78 is 42.0.